The third-order valence-electron chi connectivity index (χ3n) is 3.19. The van der Waals surface area contributed by atoms with Crippen LogP contribution in [-0.4, -0.2) is 20.2 Å². The fraction of sp³-hybridized carbons (Fsp3) is 0.167. The molecule has 0 unspecified atom stereocenters. The molecule has 0 saturated carbocycles. The molecule has 0 saturated heterocycles. The molecule has 0 bridgehead atoms. The van der Waals surface area contributed by atoms with Crippen molar-refractivity contribution in [2.45, 2.75) is 6.18 Å². The molecule has 0 aliphatic rings. The van der Waals surface area contributed by atoms with Crippen LogP contribution in [0.15, 0.2) is 48.5 Å². The normalized spacial score (nSPS) is 11.4. The van der Waals surface area contributed by atoms with Crippen LogP contribution in [0.5, 0.6) is 17.2 Å². The first kappa shape index (κ1) is 18.4. The van der Waals surface area contributed by atoms with Gasteiger partial charge in [0.25, 0.3) is 0 Å². The summed E-state index contributed by atoms with van der Waals surface area (Å²) in [4.78, 5) is 11.8. The zero-order chi connectivity index (χ0) is 18.4. The first-order valence-corrected chi connectivity index (χ1v) is 7.12. The highest BCUT2D eigenvalue weighted by Crippen LogP contribution is 2.29. The molecule has 0 spiro atoms. The van der Waals surface area contributed by atoms with Gasteiger partial charge >= 0.3 is 12.1 Å². The van der Waals surface area contributed by atoms with Crippen LogP contribution in [0.1, 0.15) is 11.1 Å². The summed E-state index contributed by atoms with van der Waals surface area (Å²) >= 11 is 0. The molecule has 0 amide bonds. The van der Waals surface area contributed by atoms with Gasteiger partial charge in [-0.15, -0.1) is 0 Å². The molecule has 2 aromatic rings. The molecule has 0 radical (unpaired) electrons. The predicted molar refractivity (Wildman–Crippen MR) is 85.7 cm³/mol. The minimum Gasteiger partial charge on any atom is -0.496 e. The number of hydrogen-bond donors (Lipinski definition) is 0. The van der Waals surface area contributed by atoms with Crippen LogP contribution in [0.2, 0.25) is 0 Å². The SMILES string of the molecule is COc1cc(OC)cc(OC(=O)/C=C/c2ccc(C(F)(F)F)cc2)c1. The van der Waals surface area contributed by atoms with E-state index in [0.29, 0.717) is 17.1 Å². The summed E-state index contributed by atoms with van der Waals surface area (Å²) in [5.41, 5.74) is -0.316. The number of benzene rings is 2. The Morgan fingerprint density at radius 1 is 0.920 bits per heavy atom. The van der Waals surface area contributed by atoms with Crippen LogP contribution in [0.4, 0.5) is 13.2 Å². The summed E-state index contributed by atoms with van der Waals surface area (Å²) < 4.78 is 52.7. The molecular formula is C18H15F3O4. The van der Waals surface area contributed by atoms with E-state index in [0.717, 1.165) is 18.2 Å². The first-order valence-electron chi connectivity index (χ1n) is 7.12. The van der Waals surface area contributed by atoms with E-state index in [4.69, 9.17) is 14.2 Å². The van der Waals surface area contributed by atoms with Crippen molar-refractivity contribution in [1.82, 2.24) is 0 Å². The Bertz CT molecular complexity index is 743. The molecule has 0 aromatic heterocycles. The van der Waals surface area contributed by atoms with Crippen molar-refractivity contribution in [3.8, 4) is 17.2 Å². The molecule has 7 heteroatoms. The fourth-order valence-electron chi connectivity index (χ4n) is 1.94. The summed E-state index contributed by atoms with van der Waals surface area (Å²) in [5, 5.41) is 0. The van der Waals surface area contributed by atoms with Gasteiger partial charge in [0.05, 0.1) is 19.8 Å². The number of methoxy groups -OCH3 is 2. The Morgan fingerprint density at radius 3 is 1.92 bits per heavy atom. The minimum absolute atomic E-state index is 0.221. The Balaban J connectivity index is 2.06. The maximum Gasteiger partial charge on any atom is 0.416 e. The van der Waals surface area contributed by atoms with E-state index in [1.807, 2.05) is 0 Å². The lowest BCUT2D eigenvalue weighted by Crippen LogP contribution is -2.05. The van der Waals surface area contributed by atoms with Gasteiger partial charge in [0.1, 0.15) is 17.2 Å². The molecule has 2 aromatic carbocycles. The first-order chi connectivity index (χ1) is 11.8. The maximum atomic E-state index is 12.5. The molecule has 0 heterocycles. The number of rotatable bonds is 5. The van der Waals surface area contributed by atoms with Crippen molar-refractivity contribution < 1.29 is 32.2 Å². The smallest absolute Gasteiger partial charge is 0.416 e. The predicted octanol–water partition coefficient (Wildman–Crippen LogP) is 4.34. The summed E-state index contributed by atoms with van der Waals surface area (Å²) in [5.74, 6) is 0.441. The lowest BCUT2D eigenvalue weighted by molar-refractivity contribution is -0.137. The lowest BCUT2D eigenvalue weighted by Gasteiger charge is -2.08. The Kier molecular flexibility index (Phi) is 5.69. The van der Waals surface area contributed by atoms with E-state index in [-0.39, 0.29) is 5.75 Å². The second-order valence-electron chi connectivity index (χ2n) is 4.92. The van der Waals surface area contributed by atoms with E-state index in [1.54, 1.807) is 6.07 Å². The number of hydrogen-bond acceptors (Lipinski definition) is 4. The lowest BCUT2D eigenvalue weighted by atomic mass is 10.1. The molecule has 0 aliphatic carbocycles. The van der Waals surface area contributed by atoms with E-state index >= 15 is 0 Å². The van der Waals surface area contributed by atoms with Gasteiger partial charge in [-0.1, -0.05) is 12.1 Å². The highest BCUT2D eigenvalue weighted by Gasteiger charge is 2.29. The summed E-state index contributed by atoms with van der Waals surface area (Å²) in [6, 6.07) is 9.05. The molecule has 4 nitrogen and oxygen atoms in total. The van der Waals surface area contributed by atoms with Crippen LogP contribution in [0.25, 0.3) is 6.08 Å². The zero-order valence-electron chi connectivity index (χ0n) is 13.5. The largest absolute Gasteiger partial charge is 0.496 e. The van der Waals surface area contributed by atoms with Gasteiger partial charge < -0.3 is 14.2 Å². The maximum absolute atomic E-state index is 12.5. The van der Waals surface area contributed by atoms with Gasteiger partial charge in [0.15, 0.2) is 0 Å². The van der Waals surface area contributed by atoms with Gasteiger partial charge in [0, 0.05) is 24.3 Å². The third kappa shape index (κ3) is 5.27. The Hall–Kier alpha value is -2.96. The minimum atomic E-state index is -4.40. The summed E-state index contributed by atoms with van der Waals surface area (Å²) in [6.45, 7) is 0. The number of carbonyl (C=O) groups excluding carboxylic acids is 1. The van der Waals surface area contributed by atoms with Gasteiger partial charge in [-0.05, 0) is 23.8 Å². The summed E-state index contributed by atoms with van der Waals surface area (Å²) in [7, 11) is 2.93. The van der Waals surface area contributed by atoms with Crippen LogP contribution in [-0.2, 0) is 11.0 Å². The van der Waals surface area contributed by atoms with Crippen LogP contribution in [0.3, 0.4) is 0 Å². The highest BCUT2D eigenvalue weighted by atomic mass is 19.4. The van der Waals surface area contributed by atoms with E-state index in [2.05, 4.69) is 0 Å². The summed E-state index contributed by atoms with van der Waals surface area (Å²) in [6.07, 6.45) is -1.92. The van der Waals surface area contributed by atoms with Gasteiger partial charge in [-0.3, -0.25) is 0 Å². The van der Waals surface area contributed by atoms with Gasteiger partial charge in [0.2, 0.25) is 0 Å². The molecular weight excluding hydrogens is 337 g/mol. The van der Waals surface area contributed by atoms with Crippen molar-refractivity contribution >= 4 is 12.0 Å². The molecule has 132 valence electrons. The van der Waals surface area contributed by atoms with E-state index in [1.165, 1.54) is 44.6 Å². The number of esters is 1. The van der Waals surface area contributed by atoms with Crippen LogP contribution >= 0.6 is 0 Å². The fourth-order valence-corrected chi connectivity index (χ4v) is 1.94. The zero-order valence-corrected chi connectivity index (χ0v) is 13.5. The Morgan fingerprint density at radius 2 is 1.44 bits per heavy atom. The monoisotopic (exact) mass is 352 g/mol. The van der Waals surface area contributed by atoms with E-state index in [9.17, 15) is 18.0 Å². The average molecular weight is 352 g/mol. The third-order valence-corrected chi connectivity index (χ3v) is 3.19. The van der Waals surface area contributed by atoms with Crippen molar-refractivity contribution in [3.05, 3.63) is 59.7 Å². The average Bonchev–Trinajstić information content (AvgIpc) is 2.59. The molecule has 0 N–H and O–H groups in total. The van der Waals surface area contributed by atoms with Crippen molar-refractivity contribution in [2.75, 3.05) is 14.2 Å². The quantitative estimate of drug-likeness (QED) is 0.456. The Labute approximate surface area is 142 Å². The molecule has 2 rings (SSSR count). The van der Waals surface area contributed by atoms with Crippen molar-refractivity contribution in [2.24, 2.45) is 0 Å². The van der Waals surface area contributed by atoms with Crippen molar-refractivity contribution in [3.63, 3.8) is 0 Å². The molecule has 0 atom stereocenters. The standard InChI is InChI=1S/C18H15F3O4/c1-23-14-9-15(24-2)11-16(10-14)25-17(22)8-5-12-3-6-13(7-4-12)18(19,20)21/h3-11H,1-2H3/b8-5+. The topological polar surface area (TPSA) is 44.8 Å². The highest BCUT2D eigenvalue weighted by molar-refractivity contribution is 5.88. The number of ether oxygens (including phenoxy) is 3. The number of halogens is 3. The van der Waals surface area contributed by atoms with Gasteiger partial charge in [-0.2, -0.15) is 13.2 Å². The second kappa shape index (κ2) is 7.74. The molecule has 0 fully saturated rings. The number of alkyl halides is 3. The van der Waals surface area contributed by atoms with Crippen molar-refractivity contribution in [1.29, 1.82) is 0 Å². The molecule has 0 aliphatic heterocycles. The number of carbonyl (C=O) groups is 1. The molecule has 25 heavy (non-hydrogen) atoms. The van der Waals surface area contributed by atoms with Crippen LogP contribution < -0.4 is 14.2 Å². The van der Waals surface area contributed by atoms with Gasteiger partial charge in [-0.25, -0.2) is 4.79 Å². The second-order valence-corrected chi connectivity index (χ2v) is 4.92. The van der Waals surface area contributed by atoms with Crippen LogP contribution in [0, 0.1) is 0 Å². The van der Waals surface area contributed by atoms with E-state index < -0.39 is 17.7 Å².